The van der Waals surface area contributed by atoms with Crippen LogP contribution >= 0.6 is 11.6 Å². The minimum atomic E-state index is -0.111. The quantitative estimate of drug-likeness (QED) is 0.578. The molecule has 1 aromatic carbocycles. The smallest absolute Gasteiger partial charge is 0.288 e. The zero-order valence-electron chi connectivity index (χ0n) is 18.4. The Hall–Kier alpha value is -1.39. The zero-order valence-corrected chi connectivity index (χ0v) is 19.1. The summed E-state index contributed by atoms with van der Waals surface area (Å²) in [7, 11) is 0. The Kier molecular flexibility index (Phi) is 5.34. The number of hydrogen-bond donors (Lipinski definition) is 0. The SMILES string of the molecule is O=c1c(Cl)nc2ccccc2n1[C@H]1C[C@H]2CCC[C@@H](C1)N2[C@@H]1C[C@@H]2CCCC[C@@H](C2)C1. The van der Waals surface area contributed by atoms with Gasteiger partial charge in [-0.2, -0.15) is 0 Å². The summed E-state index contributed by atoms with van der Waals surface area (Å²) < 4.78 is 1.99. The van der Waals surface area contributed by atoms with Crippen LogP contribution < -0.4 is 5.56 Å². The summed E-state index contributed by atoms with van der Waals surface area (Å²) >= 11 is 6.30. The lowest BCUT2D eigenvalue weighted by atomic mass is 9.73. The summed E-state index contributed by atoms with van der Waals surface area (Å²) in [5.74, 6) is 1.91. The molecule has 5 heteroatoms. The van der Waals surface area contributed by atoms with E-state index < -0.39 is 0 Å². The van der Waals surface area contributed by atoms with Crippen LogP contribution in [0.3, 0.4) is 0 Å². The topological polar surface area (TPSA) is 38.1 Å². The Morgan fingerprint density at radius 1 is 0.774 bits per heavy atom. The molecule has 4 aliphatic rings. The van der Waals surface area contributed by atoms with Gasteiger partial charge in [0.15, 0.2) is 5.15 Å². The minimum absolute atomic E-state index is 0.111. The Morgan fingerprint density at radius 3 is 2.16 bits per heavy atom. The van der Waals surface area contributed by atoms with Gasteiger partial charge in [0.25, 0.3) is 5.56 Å². The third-order valence-electron chi connectivity index (χ3n) is 8.90. The van der Waals surface area contributed by atoms with E-state index in [2.05, 4.69) is 9.88 Å². The highest BCUT2D eigenvalue weighted by molar-refractivity contribution is 6.29. The first-order valence-electron chi connectivity index (χ1n) is 12.6. The predicted octanol–water partition coefficient (Wildman–Crippen LogP) is 5.97. The number of benzene rings is 1. The number of aromatic nitrogens is 2. The molecule has 166 valence electrons. The molecule has 0 N–H and O–H groups in total. The van der Waals surface area contributed by atoms with Crippen molar-refractivity contribution in [2.24, 2.45) is 11.8 Å². The number of nitrogens with zero attached hydrogens (tertiary/aromatic N) is 3. The highest BCUT2D eigenvalue weighted by atomic mass is 35.5. The van der Waals surface area contributed by atoms with Gasteiger partial charge in [-0.25, -0.2) is 4.98 Å². The summed E-state index contributed by atoms with van der Waals surface area (Å²) in [5.41, 5.74) is 1.66. The molecule has 0 unspecified atom stereocenters. The molecule has 2 aromatic rings. The van der Waals surface area contributed by atoms with Crippen molar-refractivity contribution in [1.29, 1.82) is 0 Å². The van der Waals surface area contributed by atoms with Crippen molar-refractivity contribution < 1.29 is 0 Å². The fourth-order valence-electron chi connectivity index (χ4n) is 7.79. The van der Waals surface area contributed by atoms with Gasteiger partial charge in [0, 0.05) is 24.2 Å². The lowest BCUT2D eigenvalue weighted by Crippen LogP contribution is -2.58. The second-order valence-corrected chi connectivity index (χ2v) is 11.1. The molecule has 2 saturated heterocycles. The van der Waals surface area contributed by atoms with Gasteiger partial charge in [0.2, 0.25) is 0 Å². The molecule has 4 fully saturated rings. The van der Waals surface area contributed by atoms with Crippen LogP contribution in [0.4, 0.5) is 0 Å². The van der Waals surface area contributed by atoms with E-state index in [9.17, 15) is 4.79 Å². The van der Waals surface area contributed by atoms with Gasteiger partial charge in [-0.1, -0.05) is 55.8 Å². The van der Waals surface area contributed by atoms with Gasteiger partial charge in [0.05, 0.1) is 11.0 Å². The molecule has 0 radical (unpaired) electrons. The zero-order chi connectivity index (χ0) is 20.9. The fourth-order valence-corrected chi connectivity index (χ4v) is 7.98. The monoisotopic (exact) mass is 439 g/mol. The van der Waals surface area contributed by atoms with Gasteiger partial charge in [-0.15, -0.1) is 0 Å². The largest absolute Gasteiger partial charge is 0.301 e. The molecule has 0 amide bonds. The van der Waals surface area contributed by atoms with E-state index in [0.29, 0.717) is 12.1 Å². The van der Waals surface area contributed by atoms with E-state index in [4.69, 9.17) is 11.6 Å². The molecular formula is C26H34ClN3O. The molecule has 6 rings (SSSR count). The van der Waals surface area contributed by atoms with E-state index in [-0.39, 0.29) is 16.8 Å². The van der Waals surface area contributed by atoms with Crippen LogP contribution in [-0.4, -0.2) is 32.6 Å². The van der Waals surface area contributed by atoms with Crippen molar-refractivity contribution in [2.45, 2.75) is 101 Å². The van der Waals surface area contributed by atoms with Crippen molar-refractivity contribution in [3.05, 3.63) is 39.8 Å². The maximum Gasteiger partial charge on any atom is 0.288 e. The van der Waals surface area contributed by atoms with Gasteiger partial charge in [-0.05, 0) is 68.9 Å². The van der Waals surface area contributed by atoms with Crippen LogP contribution in [0.2, 0.25) is 5.15 Å². The average Bonchev–Trinajstić information content (AvgIpc) is 2.93. The third kappa shape index (κ3) is 3.64. The molecule has 0 spiro atoms. The summed E-state index contributed by atoms with van der Waals surface area (Å²) in [6.07, 6.45) is 16.2. The molecular weight excluding hydrogens is 406 g/mol. The highest BCUT2D eigenvalue weighted by Crippen LogP contribution is 2.46. The van der Waals surface area contributed by atoms with Crippen molar-refractivity contribution in [3.63, 3.8) is 0 Å². The Labute approximate surface area is 190 Å². The first kappa shape index (κ1) is 20.2. The van der Waals surface area contributed by atoms with E-state index >= 15 is 0 Å². The van der Waals surface area contributed by atoms with Crippen LogP contribution in [0.25, 0.3) is 11.0 Å². The molecule has 6 atom stereocenters. The van der Waals surface area contributed by atoms with Crippen molar-refractivity contribution >= 4 is 22.6 Å². The second-order valence-electron chi connectivity index (χ2n) is 10.8. The van der Waals surface area contributed by atoms with Gasteiger partial charge >= 0.3 is 0 Å². The summed E-state index contributed by atoms with van der Waals surface area (Å²) in [6, 6.07) is 10.2. The molecule has 4 nitrogen and oxygen atoms in total. The summed E-state index contributed by atoms with van der Waals surface area (Å²) in [6.45, 7) is 0. The Balaban J connectivity index is 1.31. The van der Waals surface area contributed by atoms with Gasteiger partial charge in [0.1, 0.15) is 0 Å². The highest BCUT2D eigenvalue weighted by Gasteiger charge is 2.45. The van der Waals surface area contributed by atoms with E-state index in [1.165, 1.54) is 64.2 Å². The van der Waals surface area contributed by atoms with E-state index in [1.807, 2.05) is 28.8 Å². The fraction of sp³-hybridized carbons (Fsp3) is 0.692. The number of halogens is 1. The first-order valence-corrected chi connectivity index (χ1v) is 13.0. The average molecular weight is 440 g/mol. The number of fused-ring (bicyclic) bond motifs is 5. The minimum Gasteiger partial charge on any atom is -0.301 e. The van der Waals surface area contributed by atoms with E-state index in [0.717, 1.165) is 41.8 Å². The number of rotatable bonds is 2. The van der Waals surface area contributed by atoms with Crippen molar-refractivity contribution in [2.75, 3.05) is 0 Å². The molecule has 3 heterocycles. The molecule has 2 aliphatic heterocycles. The second kappa shape index (κ2) is 8.19. The number of piperidine rings is 2. The lowest BCUT2D eigenvalue weighted by Gasteiger charge is -2.54. The molecule has 31 heavy (non-hydrogen) atoms. The van der Waals surface area contributed by atoms with Crippen molar-refractivity contribution in [3.8, 4) is 0 Å². The summed E-state index contributed by atoms with van der Waals surface area (Å²) in [5, 5.41) is 0.114. The van der Waals surface area contributed by atoms with Crippen LogP contribution in [0, 0.1) is 11.8 Å². The normalized spacial score (nSPS) is 36.3. The maximum atomic E-state index is 13.1. The standard InChI is InChI=1S/C26H34ClN3O/c27-25-26(31)30(24-11-4-3-10-23(24)28-25)22-15-19-8-5-9-20(16-22)29(19)21-13-17-6-1-2-7-18(12-17)14-21/h3-4,10-11,17-22H,1-2,5-9,12-16H2/t17-,18+,19-,20+,21-,22+. The van der Waals surface area contributed by atoms with Crippen LogP contribution in [-0.2, 0) is 0 Å². The van der Waals surface area contributed by atoms with Gasteiger partial charge in [-0.3, -0.25) is 9.69 Å². The summed E-state index contributed by atoms with van der Waals surface area (Å²) in [4.78, 5) is 20.4. The predicted molar refractivity (Wildman–Crippen MR) is 126 cm³/mol. The Bertz CT molecular complexity index is 991. The third-order valence-corrected chi connectivity index (χ3v) is 9.15. The van der Waals surface area contributed by atoms with Crippen LogP contribution in [0.5, 0.6) is 0 Å². The first-order chi connectivity index (χ1) is 15.2. The Morgan fingerprint density at radius 2 is 1.45 bits per heavy atom. The number of hydrogen-bond acceptors (Lipinski definition) is 3. The molecule has 4 bridgehead atoms. The maximum absolute atomic E-state index is 13.1. The molecule has 2 saturated carbocycles. The van der Waals surface area contributed by atoms with Gasteiger partial charge < -0.3 is 4.57 Å². The van der Waals surface area contributed by atoms with Crippen LogP contribution in [0.15, 0.2) is 29.1 Å². The molecule has 2 aliphatic carbocycles. The lowest BCUT2D eigenvalue weighted by molar-refractivity contribution is -0.0420. The van der Waals surface area contributed by atoms with E-state index in [1.54, 1.807) is 0 Å². The number of para-hydroxylation sites is 2. The molecule has 1 aromatic heterocycles. The van der Waals surface area contributed by atoms with Crippen LogP contribution in [0.1, 0.15) is 83.1 Å². The van der Waals surface area contributed by atoms with Crippen molar-refractivity contribution in [1.82, 2.24) is 14.5 Å².